The number of aryl methyl sites for hydroxylation is 1. The van der Waals surface area contributed by atoms with Gasteiger partial charge in [-0.3, -0.25) is 0 Å². The summed E-state index contributed by atoms with van der Waals surface area (Å²) in [6.07, 6.45) is 5.58. The van der Waals surface area contributed by atoms with Gasteiger partial charge in [-0.25, -0.2) is 9.07 Å². The molecule has 4 nitrogen and oxygen atoms in total. The van der Waals surface area contributed by atoms with Gasteiger partial charge in [-0.1, -0.05) is 24.3 Å². The van der Waals surface area contributed by atoms with E-state index in [0.717, 1.165) is 30.0 Å². The van der Waals surface area contributed by atoms with Crippen LogP contribution in [0.5, 0.6) is 0 Å². The quantitative estimate of drug-likeness (QED) is 0.594. The summed E-state index contributed by atoms with van der Waals surface area (Å²) >= 11 is 0. The summed E-state index contributed by atoms with van der Waals surface area (Å²) in [5.41, 5.74) is 6.81. The minimum Gasteiger partial charge on any atom is -0.378 e. The van der Waals surface area contributed by atoms with E-state index in [1.807, 2.05) is 4.68 Å². The molecule has 2 atom stereocenters. The Bertz CT molecular complexity index is 1030. The van der Waals surface area contributed by atoms with Crippen LogP contribution < -0.4 is 10.2 Å². The molecule has 1 N–H and O–H groups in total. The predicted molar refractivity (Wildman–Crippen MR) is 121 cm³/mol. The summed E-state index contributed by atoms with van der Waals surface area (Å²) in [6, 6.07) is 15.5. The summed E-state index contributed by atoms with van der Waals surface area (Å²) in [7, 11) is 4.11. The van der Waals surface area contributed by atoms with Crippen molar-refractivity contribution in [2.75, 3.05) is 19.0 Å². The van der Waals surface area contributed by atoms with E-state index in [2.05, 4.69) is 74.6 Å². The van der Waals surface area contributed by atoms with Crippen LogP contribution in [0.15, 0.2) is 60.7 Å². The number of rotatable bonds is 6. The van der Waals surface area contributed by atoms with Crippen molar-refractivity contribution in [3.63, 3.8) is 0 Å². The number of anilines is 1. The second-order valence-electron chi connectivity index (χ2n) is 8.25. The normalized spacial score (nSPS) is 18.2. The third kappa shape index (κ3) is 4.17. The van der Waals surface area contributed by atoms with Gasteiger partial charge in [0.15, 0.2) is 0 Å². The maximum Gasteiger partial charge on any atom is 0.123 e. The van der Waals surface area contributed by atoms with Crippen LogP contribution in [0, 0.1) is 19.7 Å². The Morgan fingerprint density at radius 1 is 1.03 bits per heavy atom. The van der Waals surface area contributed by atoms with Gasteiger partial charge in [0.1, 0.15) is 5.82 Å². The Kier molecular flexibility index (Phi) is 5.73. The van der Waals surface area contributed by atoms with E-state index in [1.165, 1.54) is 28.9 Å². The average Bonchev–Trinajstić information content (AvgIpc) is 3.31. The second-order valence-corrected chi connectivity index (χ2v) is 8.25. The largest absolute Gasteiger partial charge is 0.378 e. The van der Waals surface area contributed by atoms with Crippen LogP contribution in [-0.2, 0) is 6.54 Å². The lowest BCUT2D eigenvalue weighted by Gasteiger charge is -2.16. The number of hydrogen-bond acceptors (Lipinski definition) is 3. The first kappa shape index (κ1) is 20.4. The number of nitrogens with one attached hydrogen (secondary N) is 1. The third-order valence-corrected chi connectivity index (χ3v) is 5.89. The Morgan fingerprint density at radius 2 is 1.73 bits per heavy atom. The Hall–Kier alpha value is -2.92. The Labute approximate surface area is 178 Å². The standard InChI is InChI=1S/C25H29FN4/c1-17-25(18(2)30(28-17)24-13-8-21(26)9-14-24)20-7-10-22(15-20)27-16-19-5-11-23(12-6-19)29(3)4/h5-14,20,22,27H,15-16H2,1-4H3/t20-,22-/m1/s1. The molecule has 0 unspecified atom stereocenters. The summed E-state index contributed by atoms with van der Waals surface area (Å²) in [5.74, 6) is 0.109. The molecule has 2 aromatic carbocycles. The van der Waals surface area contributed by atoms with Crippen LogP contribution in [0.3, 0.4) is 0 Å². The molecule has 5 heteroatoms. The van der Waals surface area contributed by atoms with Crippen LogP contribution in [-0.4, -0.2) is 29.9 Å². The maximum absolute atomic E-state index is 13.3. The number of hydrogen-bond donors (Lipinski definition) is 1. The lowest BCUT2D eigenvalue weighted by atomic mass is 9.96. The molecular weight excluding hydrogens is 375 g/mol. The minimum absolute atomic E-state index is 0.232. The molecule has 4 rings (SSSR count). The lowest BCUT2D eigenvalue weighted by molar-refractivity contribution is 0.559. The fourth-order valence-electron chi connectivity index (χ4n) is 4.25. The SMILES string of the molecule is Cc1nn(-c2ccc(F)cc2)c(C)c1[C@@H]1C=C[C@@H](NCc2ccc(N(C)C)cc2)C1. The zero-order valence-electron chi connectivity index (χ0n) is 18.1. The number of benzene rings is 2. The summed E-state index contributed by atoms with van der Waals surface area (Å²) in [5, 5.41) is 8.39. The Morgan fingerprint density at radius 3 is 2.40 bits per heavy atom. The molecule has 0 spiro atoms. The van der Waals surface area contributed by atoms with Crippen molar-refractivity contribution in [3.8, 4) is 5.69 Å². The fraction of sp³-hybridized carbons (Fsp3) is 0.320. The predicted octanol–water partition coefficient (Wildman–Crippen LogP) is 4.90. The van der Waals surface area contributed by atoms with Crippen LogP contribution in [0.1, 0.15) is 34.9 Å². The van der Waals surface area contributed by atoms with Gasteiger partial charge in [0.25, 0.3) is 0 Å². The van der Waals surface area contributed by atoms with Crippen molar-refractivity contribution in [2.24, 2.45) is 0 Å². The second kappa shape index (κ2) is 8.44. The topological polar surface area (TPSA) is 33.1 Å². The first-order valence-electron chi connectivity index (χ1n) is 10.4. The molecule has 0 bridgehead atoms. The zero-order valence-corrected chi connectivity index (χ0v) is 18.1. The van der Waals surface area contributed by atoms with E-state index in [0.29, 0.717) is 12.0 Å². The van der Waals surface area contributed by atoms with Gasteiger partial charge < -0.3 is 10.2 Å². The first-order chi connectivity index (χ1) is 14.4. The van der Waals surface area contributed by atoms with Gasteiger partial charge in [-0.2, -0.15) is 5.10 Å². The van der Waals surface area contributed by atoms with Crippen LogP contribution >= 0.6 is 0 Å². The number of halogens is 1. The summed E-state index contributed by atoms with van der Waals surface area (Å²) in [6.45, 7) is 5.01. The fourth-order valence-corrected chi connectivity index (χ4v) is 4.25. The molecule has 0 fully saturated rings. The maximum atomic E-state index is 13.3. The van der Waals surface area contributed by atoms with Crippen molar-refractivity contribution in [1.82, 2.24) is 15.1 Å². The monoisotopic (exact) mass is 404 g/mol. The van der Waals surface area contributed by atoms with Crippen LogP contribution in [0.4, 0.5) is 10.1 Å². The van der Waals surface area contributed by atoms with Crippen molar-refractivity contribution in [1.29, 1.82) is 0 Å². The van der Waals surface area contributed by atoms with E-state index in [4.69, 9.17) is 5.10 Å². The lowest BCUT2D eigenvalue weighted by Crippen LogP contribution is -2.25. The van der Waals surface area contributed by atoms with Gasteiger partial charge in [-0.05, 0) is 62.2 Å². The van der Waals surface area contributed by atoms with Gasteiger partial charge >= 0.3 is 0 Å². The van der Waals surface area contributed by atoms with Gasteiger partial charge in [0.2, 0.25) is 0 Å². The van der Waals surface area contributed by atoms with E-state index in [1.54, 1.807) is 12.1 Å². The highest BCUT2D eigenvalue weighted by molar-refractivity contribution is 5.46. The van der Waals surface area contributed by atoms with Crippen molar-refractivity contribution in [2.45, 2.75) is 38.8 Å². The molecule has 1 heterocycles. The molecule has 3 aromatic rings. The smallest absolute Gasteiger partial charge is 0.123 e. The number of nitrogens with zero attached hydrogens (tertiary/aromatic N) is 3. The van der Waals surface area contributed by atoms with Gasteiger partial charge in [-0.15, -0.1) is 0 Å². The molecule has 0 saturated heterocycles. The van der Waals surface area contributed by atoms with Gasteiger partial charge in [0.05, 0.1) is 11.4 Å². The van der Waals surface area contributed by atoms with E-state index in [9.17, 15) is 4.39 Å². The van der Waals surface area contributed by atoms with Crippen molar-refractivity contribution in [3.05, 3.63) is 89.0 Å². The Balaban J connectivity index is 1.42. The zero-order chi connectivity index (χ0) is 21.3. The highest BCUT2D eigenvalue weighted by Crippen LogP contribution is 2.34. The average molecular weight is 405 g/mol. The van der Waals surface area contributed by atoms with Crippen LogP contribution in [0.25, 0.3) is 5.69 Å². The third-order valence-electron chi connectivity index (χ3n) is 5.89. The molecule has 1 aliphatic rings. The molecule has 156 valence electrons. The van der Waals surface area contributed by atoms with Crippen molar-refractivity contribution < 1.29 is 4.39 Å². The summed E-state index contributed by atoms with van der Waals surface area (Å²) in [4.78, 5) is 2.11. The van der Waals surface area contributed by atoms with E-state index >= 15 is 0 Å². The highest BCUT2D eigenvalue weighted by atomic mass is 19.1. The van der Waals surface area contributed by atoms with Gasteiger partial charge in [0, 0.05) is 49.5 Å². The molecule has 0 saturated carbocycles. The van der Waals surface area contributed by atoms with Crippen molar-refractivity contribution >= 4 is 5.69 Å². The minimum atomic E-state index is -0.232. The highest BCUT2D eigenvalue weighted by Gasteiger charge is 2.26. The van der Waals surface area contributed by atoms with E-state index < -0.39 is 0 Å². The molecule has 0 aliphatic heterocycles. The molecular formula is C25H29FN4. The van der Waals surface area contributed by atoms with E-state index in [-0.39, 0.29) is 5.82 Å². The first-order valence-corrected chi connectivity index (χ1v) is 10.4. The molecule has 1 aromatic heterocycles. The molecule has 0 amide bonds. The molecule has 0 radical (unpaired) electrons. The molecule has 30 heavy (non-hydrogen) atoms. The molecule has 1 aliphatic carbocycles. The number of allylic oxidation sites excluding steroid dienone is 1. The number of aromatic nitrogens is 2. The summed E-state index contributed by atoms with van der Waals surface area (Å²) < 4.78 is 15.2. The van der Waals surface area contributed by atoms with Crippen LogP contribution in [0.2, 0.25) is 0 Å².